The van der Waals surface area contributed by atoms with Crippen LogP contribution in [0, 0.1) is 0 Å². The molecule has 2 rings (SSSR count). The number of unbranched alkanes of at least 4 members (excludes halogenated alkanes) is 1. The number of nitrogens with zero attached hydrogens (tertiary/aromatic N) is 2. The highest BCUT2D eigenvalue weighted by molar-refractivity contribution is 7.09. The first kappa shape index (κ1) is 16.3. The lowest BCUT2D eigenvalue weighted by atomic mass is 10.3. The van der Waals surface area contributed by atoms with Crippen LogP contribution in [0.15, 0.2) is 51.7 Å². The maximum atomic E-state index is 11.6. The summed E-state index contributed by atoms with van der Waals surface area (Å²) in [5.41, 5.74) is 0.0592. The fourth-order valence-corrected chi connectivity index (χ4v) is 2.71. The Balaban J connectivity index is 1.62. The molecule has 0 aliphatic heterocycles. The minimum Gasteiger partial charge on any atom is -0.356 e. The zero-order valence-electron chi connectivity index (χ0n) is 12.8. The van der Waals surface area contributed by atoms with Gasteiger partial charge in [-0.05, 0) is 30.4 Å². The fourth-order valence-electron chi connectivity index (χ4n) is 2.06. The summed E-state index contributed by atoms with van der Waals surface area (Å²) in [6, 6.07) is 9.39. The number of aromatic nitrogens is 1. The van der Waals surface area contributed by atoms with Crippen molar-refractivity contribution in [1.29, 1.82) is 0 Å². The van der Waals surface area contributed by atoms with Gasteiger partial charge in [-0.3, -0.25) is 9.79 Å². The number of aryl methyl sites for hydroxylation is 1. The molecule has 6 heteroatoms. The number of thiophene rings is 1. The molecule has 2 aromatic heterocycles. The second kappa shape index (κ2) is 9.04. The monoisotopic (exact) mass is 318 g/mol. The van der Waals surface area contributed by atoms with Crippen molar-refractivity contribution in [1.82, 2.24) is 15.2 Å². The van der Waals surface area contributed by atoms with Crippen LogP contribution >= 0.6 is 11.3 Å². The van der Waals surface area contributed by atoms with Crippen molar-refractivity contribution in [2.24, 2.45) is 4.99 Å². The van der Waals surface area contributed by atoms with Crippen molar-refractivity contribution in [3.05, 3.63) is 57.1 Å². The van der Waals surface area contributed by atoms with Gasteiger partial charge in [-0.2, -0.15) is 0 Å². The molecule has 0 bridgehead atoms. The Morgan fingerprint density at radius 1 is 1.23 bits per heavy atom. The van der Waals surface area contributed by atoms with Crippen LogP contribution in [0.2, 0.25) is 0 Å². The highest BCUT2D eigenvalue weighted by Crippen LogP contribution is 2.07. The van der Waals surface area contributed by atoms with Gasteiger partial charge < -0.3 is 15.2 Å². The van der Waals surface area contributed by atoms with Gasteiger partial charge in [0.25, 0.3) is 0 Å². The van der Waals surface area contributed by atoms with E-state index in [0.717, 1.165) is 38.4 Å². The highest BCUT2D eigenvalue weighted by atomic mass is 32.1. The van der Waals surface area contributed by atoms with Crippen LogP contribution in [0.4, 0.5) is 0 Å². The number of aliphatic imine (C=N–C) groups is 1. The Labute approximate surface area is 134 Å². The fraction of sp³-hybridized carbons (Fsp3) is 0.375. The molecule has 0 aliphatic rings. The molecule has 0 atom stereocenters. The molecule has 0 aliphatic carbocycles. The largest absolute Gasteiger partial charge is 0.356 e. The first-order valence-corrected chi connectivity index (χ1v) is 8.30. The van der Waals surface area contributed by atoms with Crippen LogP contribution in [-0.2, 0) is 13.1 Å². The van der Waals surface area contributed by atoms with Crippen molar-refractivity contribution in [2.45, 2.75) is 25.9 Å². The molecule has 118 valence electrons. The molecule has 0 fully saturated rings. The molecule has 2 aromatic rings. The molecule has 0 saturated heterocycles. The molecular weight excluding hydrogens is 296 g/mol. The van der Waals surface area contributed by atoms with E-state index in [4.69, 9.17) is 0 Å². The Morgan fingerprint density at radius 2 is 2.14 bits per heavy atom. The van der Waals surface area contributed by atoms with E-state index >= 15 is 0 Å². The Morgan fingerprint density at radius 3 is 2.86 bits per heavy atom. The van der Waals surface area contributed by atoms with E-state index in [1.54, 1.807) is 35.1 Å². The van der Waals surface area contributed by atoms with Crippen molar-refractivity contribution < 1.29 is 0 Å². The third kappa shape index (κ3) is 5.37. The molecule has 0 aromatic carbocycles. The summed E-state index contributed by atoms with van der Waals surface area (Å²) in [7, 11) is 1.77. The molecule has 0 radical (unpaired) electrons. The van der Waals surface area contributed by atoms with Gasteiger partial charge >= 0.3 is 0 Å². The predicted octanol–water partition coefficient (Wildman–Crippen LogP) is 2.06. The summed E-state index contributed by atoms with van der Waals surface area (Å²) in [6.07, 6.45) is 3.77. The molecule has 0 amide bonds. The molecule has 2 heterocycles. The Kier molecular flexibility index (Phi) is 6.70. The Hall–Kier alpha value is -2.08. The van der Waals surface area contributed by atoms with Crippen LogP contribution < -0.4 is 16.2 Å². The van der Waals surface area contributed by atoms with E-state index in [9.17, 15) is 4.79 Å². The van der Waals surface area contributed by atoms with Crippen LogP contribution in [0.1, 0.15) is 17.7 Å². The standard InChI is InChI=1S/C16H22N4OS/c1-17-16(19-13-14-7-6-12-22-14)18-9-3-5-11-20-10-4-2-8-15(20)21/h2,4,6-8,10,12H,3,5,9,11,13H2,1H3,(H2,17,18,19). The van der Waals surface area contributed by atoms with E-state index in [0.29, 0.717) is 0 Å². The lowest BCUT2D eigenvalue weighted by molar-refractivity contribution is 0.585. The summed E-state index contributed by atoms with van der Waals surface area (Å²) >= 11 is 1.73. The Bertz CT molecular complexity index is 634. The van der Waals surface area contributed by atoms with Gasteiger partial charge in [-0.15, -0.1) is 11.3 Å². The van der Waals surface area contributed by atoms with Gasteiger partial charge in [0.05, 0.1) is 6.54 Å². The minimum absolute atomic E-state index is 0.0592. The van der Waals surface area contributed by atoms with Gasteiger partial charge in [0.2, 0.25) is 5.56 Å². The molecule has 22 heavy (non-hydrogen) atoms. The summed E-state index contributed by atoms with van der Waals surface area (Å²) in [5.74, 6) is 0.810. The summed E-state index contributed by atoms with van der Waals surface area (Å²) < 4.78 is 1.74. The zero-order valence-corrected chi connectivity index (χ0v) is 13.6. The van der Waals surface area contributed by atoms with E-state index in [2.05, 4.69) is 27.1 Å². The van der Waals surface area contributed by atoms with Crippen LogP contribution in [0.25, 0.3) is 0 Å². The molecule has 2 N–H and O–H groups in total. The van der Waals surface area contributed by atoms with Crippen molar-refractivity contribution >= 4 is 17.3 Å². The highest BCUT2D eigenvalue weighted by Gasteiger charge is 1.99. The molecule has 0 unspecified atom stereocenters. The van der Waals surface area contributed by atoms with Gasteiger partial charge in [0, 0.05) is 37.3 Å². The van der Waals surface area contributed by atoms with Gasteiger partial charge in [-0.25, -0.2) is 0 Å². The lowest BCUT2D eigenvalue weighted by Gasteiger charge is -2.11. The summed E-state index contributed by atoms with van der Waals surface area (Å²) in [5, 5.41) is 8.64. The summed E-state index contributed by atoms with van der Waals surface area (Å²) in [6.45, 7) is 2.38. The van der Waals surface area contributed by atoms with Crippen LogP contribution in [-0.4, -0.2) is 24.1 Å². The molecule has 5 nitrogen and oxygen atoms in total. The number of rotatable bonds is 7. The topological polar surface area (TPSA) is 58.4 Å². The number of hydrogen-bond donors (Lipinski definition) is 2. The normalized spacial score (nSPS) is 11.4. The third-order valence-corrected chi connectivity index (χ3v) is 4.13. The first-order valence-electron chi connectivity index (χ1n) is 7.42. The van der Waals surface area contributed by atoms with E-state index in [1.807, 2.05) is 18.3 Å². The van der Waals surface area contributed by atoms with E-state index in [-0.39, 0.29) is 5.56 Å². The average Bonchev–Trinajstić information content (AvgIpc) is 3.05. The van der Waals surface area contributed by atoms with Crippen molar-refractivity contribution in [3.8, 4) is 0 Å². The summed E-state index contributed by atoms with van der Waals surface area (Å²) in [4.78, 5) is 17.0. The first-order chi connectivity index (χ1) is 10.8. The lowest BCUT2D eigenvalue weighted by Crippen LogP contribution is -2.37. The van der Waals surface area contributed by atoms with Crippen LogP contribution in [0.5, 0.6) is 0 Å². The quantitative estimate of drug-likeness (QED) is 0.467. The van der Waals surface area contributed by atoms with E-state index in [1.165, 1.54) is 4.88 Å². The second-order valence-corrected chi connectivity index (χ2v) is 5.90. The maximum absolute atomic E-state index is 11.6. The maximum Gasteiger partial charge on any atom is 0.250 e. The smallest absolute Gasteiger partial charge is 0.250 e. The number of nitrogens with one attached hydrogen (secondary N) is 2. The molecule has 0 saturated carbocycles. The zero-order chi connectivity index (χ0) is 15.6. The number of guanidine groups is 1. The third-order valence-electron chi connectivity index (χ3n) is 3.25. The average molecular weight is 318 g/mol. The molecule has 0 spiro atoms. The number of hydrogen-bond acceptors (Lipinski definition) is 3. The van der Waals surface area contributed by atoms with Gasteiger partial charge in [0.15, 0.2) is 5.96 Å². The van der Waals surface area contributed by atoms with Crippen molar-refractivity contribution in [3.63, 3.8) is 0 Å². The van der Waals surface area contributed by atoms with Crippen molar-refractivity contribution in [2.75, 3.05) is 13.6 Å². The van der Waals surface area contributed by atoms with Gasteiger partial charge in [0.1, 0.15) is 0 Å². The van der Waals surface area contributed by atoms with Gasteiger partial charge in [-0.1, -0.05) is 12.1 Å². The minimum atomic E-state index is 0.0592. The second-order valence-electron chi connectivity index (χ2n) is 4.87. The SMILES string of the molecule is CN=C(NCCCCn1ccccc1=O)NCc1cccs1. The molecular formula is C16H22N4OS. The van der Waals surface area contributed by atoms with Crippen LogP contribution in [0.3, 0.4) is 0 Å². The number of pyridine rings is 1. The van der Waals surface area contributed by atoms with E-state index < -0.39 is 0 Å². The predicted molar refractivity (Wildman–Crippen MR) is 92.5 cm³/mol.